The first-order valence-corrected chi connectivity index (χ1v) is 8.32. The number of likely N-dealkylation sites (N-methyl/N-ethyl adjacent to an activating group) is 1. The second kappa shape index (κ2) is 7.42. The molecule has 1 aliphatic rings. The molecule has 0 spiro atoms. The Morgan fingerprint density at radius 1 is 1.32 bits per heavy atom. The largest absolute Gasteiger partial charge is 0.497 e. The SMILES string of the molecule is COc1cccc(CN(C)C(=O)C2CCCN2C(=O)c2ccco2)c1. The van der Waals surface area contributed by atoms with Gasteiger partial charge < -0.3 is 19.0 Å². The van der Waals surface area contributed by atoms with E-state index in [4.69, 9.17) is 9.15 Å². The van der Waals surface area contributed by atoms with Crippen LogP contribution in [0.1, 0.15) is 29.0 Å². The molecule has 132 valence electrons. The lowest BCUT2D eigenvalue weighted by Gasteiger charge is -2.27. The second-order valence-electron chi connectivity index (χ2n) is 6.18. The maximum absolute atomic E-state index is 12.9. The van der Waals surface area contributed by atoms with Crippen LogP contribution in [-0.4, -0.2) is 48.4 Å². The monoisotopic (exact) mass is 342 g/mol. The summed E-state index contributed by atoms with van der Waals surface area (Å²) >= 11 is 0. The topological polar surface area (TPSA) is 63.0 Å². The van der Waals surface area contributed by atoms with E-state index in [0.717, 1.165) is 17.7 Å². The smallest absolute Gasteiger partial charge is 0.290 e. The number of amides is 2. The van der Waals surface area contributed by atoms with Gasteiger partial charge in [0.1, 0.15) is 11.8 Å². The van der Waals surface area contributed by atoms with E-state index in [2.05, 4.69) is 0 Å². The number of furan rings is 1. The maximum atomic E-state index is 12.9. The molecule has 0 bridgehead atoms. The average molecular weight is 342 g/mol. The highest BCUT2D eigenvalue weighted by Crippen LogP contribution is 2.23. The number of likely N-dealkylation sites (tertiary alicyclic amines) is 1. The third kappa shape index (κ3) is 3.68. The van der Waals surface area contributed by atoms with Crippen LogP contribution in [0.25, 0.3) is 0 Å². The highest BCUT2D eigenvalue weighted by atomic mass is 16.5. The Labute approximate surface area is 147 Å². The van der Waals surface area contributed by atoms with Crippen molar-refractivity contribution in [2.45, 2.75) is 25.4 Å². The van der Waals surface area contributed by atoms with Gasteiger partial charge >= 0.3 is 0 Å². The van der Waals surface area contributed by atoms with Gasteiger partial charge in [-0.2, -0.15) is 0 Å². The molecule has 0 radical (unpaired) electrons. The Balaban J connectivity index is 1.69. The summed E-state index contributed by atoms with van der Waals surface area (Å²) in [5.74, 6) is 0.750. The van der Waals surface area contributed by atoms with Crippen molar-refractivity contribution >= 4 is 11.8 Å². The van der Waals surface area contributed by atoms with Crippen molar-refractivity contribution < 1.29 is 18.7 Å². The van der Waals surface area contributed by atoms with Gasteiger partial charge in [-0.05, 0) is 42.7 Å². The van der Waals surface area contributed by atoms with Gasteiger partial charge in [-0.25, -0.2) is 0 Å². The zero-order chi connectivity index (χ0) is 17.8. The number of methoxy groups -OCH3 is 1. The molecule has 6 nitrogen and oxygen atoms in total. The van der Waals surface area contributed by atoms with E-state index in [0.29, 0.717) is 19.5 Å². The summed E-state index contributed by atoms with van der Waals surface area (Å²) in [6.45, 7) is 1.04. The van der Waals surface area contributed by atoms with Crippen LogP contribution in [0.15, 0.2) is 47.1 Å². The fourth-order valence-electron chi connectivity index (χ4n) is 3.19. The molecule has 1 atom stereocenters. The molecule has 0 N–H and O–H groups in total. The fourth-order valence-corrected chi connectivity index (χ4v) is 3.19. The third-order valence-electron chi connectivity index (χ3n) is 4.46. The molecule has 0 aliphatic carbocycles. The Kier molecular flexibility index (Phi) is 5.07. The standard InChI is InChI=1S/C19H22N2O4/c1-20(13-14-6-3-7-15(12-14)24-2)18(22)16-8-4-10-21(16)19(23)17-9-5-11-25-17/h3,5-7,9,11-12,16H,4,8,10,13H2,1-2H3. The lowest BCUT2D eigenvalue weighted by Crippen LogP contribution is -2.46. The minimum Gasteiger partial charge on any atom is -0.497 e. The summed E-state index contributed by atoms with van der Waals surface area (Å²) in [7, 11) is 3.38. The molecular weight excluding hydrogens is 320 g/mol. The van der Waals surface area contributed by atoms with E-state index < -0.39 is 6.04 Å². The highest BCUT2D eigenvalue weighted by Gasteiger charge is 2.36. The van der Waals surface area contributed by atoms with Gasteiger partial charge in [0, 0.05) is 20.1 Å². The highest BCUT2D eigenvalue weighted by molar-refractivity contribution is 5.95. The predicted octanol–water partition coefficient (Wildman–Crippen LogP) is 2.55. The van der Waals surface area contributed by atoms with Gasteiger partial charge in [0.05, 0.1) is 13.4 Å². The molecule has 1 saturated heterocycles. The first kappa shape index (κ1) is 17.1. The minimum absolute atomic E-state index is 0.0553. The Morgan fingerprint density at radius 2 is 2.16 bits per heavy atom. The van der Waals surface area contributed by atoms with Crippen molar-refractivity contribution in [1.82, 2.24) is 9.80 Å². The molecule has 1 aromatic heterocycles. The summed E-state index contributed by atoms with van der Waals surface area (Å²) in [4.78, 5) is 28.7. The van der Waals surface area contributed by atoms with Crippen molar-refractivity contribution in [3.8, 4) is 5.75 Å². The van der Waals surface area contributed by atoms with Crippen molar-refractivity contribution in [1.29, 1.82) is 0 Å². The summed E-state index contributed by atoms with van der Waals surface area (Å²) in [5, 5.41) is 0. The third-order valence-corrected chi connectivity index (χ3v) is 4.46. The molecular formula is C19H22N2O4. The quantitative estimate of drug-likeness (QED) is 0.838. The van der Waals surface area contributed by atoms with Crippen molar-refractivity contribution in [2.24, 2.45) is 0 Å². The number of benzene rings is 1. The van der Waals surface area contributed by atoms with E-state index in [1.165, 1.54) is 6.26 Å². The number of carbonyl (C=O) groups excluding carboxylic acids is 2. The lowest BCUT2D eigenvalue weighted by molar-refractivity contribution is -0.134. The number of nitrogens with zero attached hydrogens (tertiary/aromatic N) is 2. The van der Waals surface area contributed by atoms with Crippen molar-refractivity contribution in [3.05, 3.63) is 54.0 Å². The molecule has 3 rings (SSSR count). The van der Waals surface area contributed by atoms with Crippen LogP contribution in [0.2, 0.25) is 0 Å². The minimum atomic E-state index is -0.437. The molecule has 2 aromatic rings. The van der Waals surface area contributed by atoms with Crippen molar-refractivity contribution in [2.75, 3.05) is 20.7 Å². The molecule has 0 saturated carbocycles. The van der Waals surface area contributed by atoms with Gasteiger partial charge in [-0.1, -0.05) is 12.1 Å². The second-order valence-corrected chi connectivity index (χ2v) is 6.18. The molecule has 1 aliphatic heterocycles. The summed E-state index contributed by atoms with van der Waals surface area (Å²) in [5.41, 5.74) is 0.983. The van der Waals surface area contributed by atoms with E-state index in [-0.39, 0.29) is 17.6 Å². The van der Waals surface area contributed by atoms with E-state index >= 15 is 0 Å². The van der Waals surface area contributed by atoms with E-state index in [9.17, 15) is 9.59 Å². The number of ether oxygens (including phenoxy) is 1. The number of hydrogen-bond acceptors (Lipinski definition) is 4. The molecule has 2 heterocycles. The average Bonchev–Trinajstić information content (AvgIpc) is 3.32. The predicted molar refractivity (Wildman–Crippen MR) is 92.2 cm³/mol. The number of rotatable bonds is 5. The van der Waals surface area contributed by atoms with Crippen LogP contribution in [0.5, 0.6) is 5.75 Å². The first-order chi connectivity index (χ1) is 12.1. The Morgan fingerprint density at radius 3 is 2.88 bits per heavy atom. The molecule has 1 aromatic carbocycles. The molecule has 1 fully saturated rings. The summed E-state index contributed by atoms with van der Waals surface area (Å²) in [6, 6.07) is 10.5. The van der Waals surface area contributed by atoms with Crippen LogP contribution in [0, 0.1) is 0 Å². The van der Waals surface area contributed by atoms with Crippen LogP contribution < -0.4 is 4.74 Å². The van der Waals surface area contributed by atoms with Crippen LogP contribution in [0.4, 0.5) is 0 Å². The van der Waals surface area contributed by atoms with E-state index in [1.807, 2.05) is 24.3 Å². The van der Waals surface area contributed by atoms with Gasteiger partial charge in [0.2, 0.25) is 5.91 Å². The Bertz CT molecular complexity index is 742. The Hall–Kier alpha value is -2.76. The van der Waals surface area contributed by atoms with Gasteiger partial charge in [0.15, 0.2) is 5.76 Å². The summed E-state index contributed by atoms with van der Waals surface area (Å²) < 4.78 is 10.4. The first-order valence-electron chi connectivity index (χ1n) is 8.32. The normalized spacial score (nSPS) is 16.7. The molecule has 1 unspecified atom stereocenters. The zero-order valence-electron chi connectivity index (χ0n) is 14.5. The van der Waals surface area contributed by atoms with Gasteiger partial charge in [0.25, 0.3) is 5.91 Å². The summed E-state index contributed by atoms with van der Waals surface area (Å²) in [6.07, 6.45) is 2.96. The number of hydrogen-bond donors (Lipinski definition) is 0. The molecule has 2 amide bonds. The van der Waals surface area contributed by atoms with Crippen LogP contribution >= 0.6 is 0 Å². The maximum Gasteiger partial charge on any atom is 0.290 e. The van der Waals surface area contributed by atoms with Crippen LogP contribution in [0.3, 0.4) is 0 Å². The molecule has 25 heavy (non-hydrogen) atoms. The van der Waals surface area contributed by atoms with Crippen molar-refractivity contribution in [3.63, 3.8) is 0 Å². The number of carbonyl (C=O) groups is 2. The lowest BCUT2D eigenvalue weighted by atomic mass is 10.1. The molecule has 6 heteroatoms. The van der Waals surface area contributed by atoms with Crippen LogP contribution in [-0.2, 0) is 11.3 Å². The zero-order valence-corrected chi connectivity index (χ0v) is 14.5. The van der Waals surface area contributed by atoms with Gasteiger partial charge in [-0.15, -0.1) is 0 Å². The van der Waals surface area contributed by atoms with Gasteiger partial charge in [-0.3, -0.25) is 9.59 Å². The van der Waals surface area contributed by atoms with E-state index in [1.54, 1.807) is 36.1 Å². The fraction of sp³-hybridized carbons (Fsp3) is 0.368.